The minimum Gasteiger partial charge on any atom is -0.487 e. The summed E-state index contributed by atoms with van der Waals surface area (Å²) in [6.45, 7) is 4.31. The molecule has 19 heavy (non-hydrogen) atoms. The van der Waals surface area contributed by atoms with Gasteiger partial charge in [-0.15, -0.1) is 11.3 Å². The van der Waals surface area contributed by atoms with Crippen molar-refractivity contribution in [3.05, 3.63) is 45.4 Å². The first-order valence-electron chi connectivity index (χ1n) is 5.72. The molecule has 100 valence electrons. The van der Waals surface area contributed by atoms with E-state index in [0.29, 0.717) is 17.9 Å². The average molecular weight is 277 g/mol. The number of aryl methyl sites for hydroxylation is 2. The molecule has 1 heterocycles. The van der Waals surface area contributed by atoms with Gasteiger partial charge in [0.1, 0.15) is 12.4 Å². The molecule has 2 aromatic rings. The fourth-order valence-corrected chi connectivity index (χ4v) is 2.20. The lowest BCUT2D eigenvalue weighted by Crippen LogP contribution is -2.13. The Bertz CT molecular complexity index is 608. The predicted molar refractivity (Wildman–Crippen MR) is 74.9 cm³/mol. The Labute approximate surface area is 115 Å². The molecule has 0 amide bonds. The lowest BCUT2D eigenvalue weighted by Gasteiger charge is -2.09. The molecule has 0 spiro atoms. The van der Waals surface area contributed by atoms with Crippen LogP contribution in [-0.4, -0.2) is 16.0 Å². The van der Waals surface area contributed by atoms with E-state index >= 15 is 0 Å². The van der Waals surface area contributed by atoms with Crippen molar-refractivity contribution < 1.29 is 9.94 Å². The van der Waals surface area contributed by atoms with Crippen LogP contribution in [0.4, 0.5) is 0 Å². The molecule has 3 N–H and O–H groups in total. The molecule has 0 radical (unpaired) electrons. The second kappa shape index (κ2) is 5.71. The first kappa shape index (κ1) is 13.4. The van der Waals surface area contributed by atoms with E-state index in [1.54, 1.807) is 23.5 Å². The molecule has 5 nitrogen and oxygen atoms in total. The van der Waals surface area contributed by atoms with E-state index in [1.165, 1.54) is 0 Å². The largest absolute Gasteiger partial charge is 0.487 e. The third kappa shape index (κ3) is 3.23. The van der Waals surface area contributed by atoms with Crippen LogP contribution in [0.25, 0.3) is 0 Å². The van der Waals surface area contributed by atoms with Crippen LogP contribution < -0.4 is 10.5 Å². The fraction of sp³-hybridized carbons (Fsp3) is 0.231. The van der Waals surface area contributed by atoms with Crippen LogP contribution in [0.1, 0.15) is 21.8 Å². The highest BCUT2D eigenvalue weighted by atomic mass is 32.1. The van der Waals surface area contributed by atoms with Crippen molar-refractivity contribution in [1.29, 1.82) is 0 Å². The number of benzene rings is 1. The van der Waals surface area contributed by atoms with E-state index in [2.05, 4.69) is 10.1 Å². The van der Waals surface area contributed by atoms with Gasteiger partial charge in [-0.25, -0.2) is 4.98 Å². The minimum absolute atomic E-state index is 0.0642. The Balaban J connectivity index is 2.15. The number of nitrogens with zero attached hydrogens (tertiary/aromatic N) is 2. The van der Waals surface area contributed by atoms with Crippen LogP contribution in [0.15, 0.2) is 28.7 Å². The lowest BCUT2D eigenvalue weighted by molar-refractivity contribution is 0.299. The van der Waals surface area contributed by atoms with Gasteiger partial charge in [0.25, 0.3) is 0 Å². The maximum absolute atomic E-state index is 8.67. The zero-order valence-electron chi connectivity index (χ0n) is 10.8. The zero-order chi connectivity index (χ0) is 13.8. The normalized spacial score (nSPS) is 11.6. The molecule has 1 aromatic heterocycles. The fourth-order valence-electron chi connectivity index (χ4n) is 1.60. The molecule has 0 bridgehead atoms. The average Bonchev–Trinajstić information content (AvgIpc) is 2.82. The Hall–Kier alpha value is -2.08. The van der Waals surface area contributed by atoms with E-state index in [4.69, 9.17) is 15.7 Å². The molecule has 0 aliphatic rings. The molecule has 1 aromatic carbocycles. The number of hydrogen-bond acceptors (Lipinski definition) is 5. The first-order valence-corrected chi connectivity index (χ1v) is 6.60. The molecule has 0 aliphatic heterocycles. The van der Waals surface area contributed by atoms with Gasteiger partial charge in [-0.2, -0.15) is 0 Å². The Kier molecular flexibility index (Phi) is 4.01. The maximum atomic E-state index is 8.67. The van der Waals surface area contributed by atoms with Gasteiger partial charge in [-0.1, -0.05) is 17.3 Å². The summed E-state index contributed by atoms with van der Waals surface area (Å²) in [5.74, 6) is 0.768. The highest BCUT2D eigenvalue weighted by molar-refractivity contribution is 7.09. The summed E-state index contributed by atoms with van der Waals surface area (Å²) in [5.41, 5.74) is 8.07. The van der Waals surface area contributed by atoms with E-state index < -0.39 is 0 Å². The van der Waals surface area contributed by atoms with Crippen molar-refractivity contribution >= 4 is 17.2 Å². The second-order valence-corrected chi connectivity index (χ2v) is 5.17. The van der Waals surface area contributed by atoms with Gasteiger partial charge in [-0.05, 0) is 25.5 Å². The number of oxime groups is 1. The highest BCUT2D eigenvalue weighted by Gasteiger charge is 2.06. The van der Waals surface area contributed by atoms with Gasteiger partial charge >= 0.3 is 0 Å². The number of hydrogen-bond donors (Lipinski definition) is 2. The van der Waals surface area contributed by atoms with Crippen LogP contribution >= 0.6 is 11.3 Å². The third-order valence-electron chi connectivity index (χ3n) is 2.63. The van der Waals surface area contributed by atoms with Gasteiger partial charge in [-0.3, -0.25) is 0 Å². The molecule has 6 heteroatoms. The molecule has 0 unspecified atom stereocenters. The van der Waals surface area contributed by atoms with Gasteiger partial charge in [0, 0.05) is 10.9 Å². The van der Waals surface area contributed by atoms with Crippen LogP contribution in [0.2, 0.25) is 0 Å². The summed E-state index contributed by atoms with van der Waals surface area (Å²) in [7, 11) is 0. The molecule has 0 saturated carbocycles. The van der Waals surface area contributed by atoms with E-state index in [1.807, 2.05) is 25.3 Å². The molecule has 0 aliphatic carbocycles. The number of aromatic nitrogens is 1. The quantitative estimate of drug-likeness (QED) is 0.389. The molecule has 2 rings (SSSR count). The number of rotatable bonds is 4. The number of ether oxygens (including phenoxy) is 1. The van der Waals surface area contributed by atoms with Crippen molar-refractivity contribution in [3.63, 3.8) is 0 Å². The smallest absolute Gasteiger partial charge is 0.170 e. The molecule has 0 saturated heterocycles. The van der Waals surface area contributed by atoms with Crippen molar-refractivity contribution in [3.8, 4) is 5.75 Å². The molecule has 0 atom stereocenters. The van der Waals surface area contributed by atoms with Gasteiger partial charge in [0.05, 0.1) is 10.7 Å². The second-order valence-electron chi connectivity index (χ2n) is 4.11. The third-order valence-corrected chi connectivity index (χ3v) is 3.46. The monoisotopic (exact) mass is 277 g/mol. The SMILES string of the molecule is Cc1nc(COc2cc(/C(N)=N/O)ccc2C)cs1. The van der Waals surface area contributed by atoms with Gasteiger partial charge in [0.2, 0.25) is 0 Å². The Morgan fingerprint density at radius 1 is 1.47 bits per heavy atom. The van der Waals surface area contributed by atoms with E-state index in [9.17, 15) is 0 Å². The van der Waals surface area contributed by atoms with Crippen molar-refractivity contribution in [1.82, 2.24) is 4.98 Å². The first-order chi connectivity index (χ1) is 9.10. The Morgan fingerprint density at radius 3 is 2.89 bits per heavy atom. The van der Waals surface area contributed by atoms with Crippen LogP contribution in [0.5, 0.6) is 5.75 Å². The summed E-state index contributed by atoms with van der Waals surface area (Å²) < 4.78 is 5.72. The van der Waals surface area contributed by atoms with Crippen LogP contribution in [0.3, 0.4) is 0 Å². The van der Waals surface area contributed by atoms with Crippen LogP contribution in [0, 0.1) is 13.8 Å². The van der Waals surface area contributed by atoms with E-state index in [0.717, 1.165) is 16.3 Å². The number of nitrogens with two attached hydrogens (primary N) is 1. The molecular weight excluding hydrogens is 262 g/mol. The summed E-state index contributed by atoms with van der Waals surface area (Å²) in [6.07, 6.45) is 0. The van der Waals surface area contributed by atoms with Gasteiger partial charge < -0.3 is 15.7 Å². The summed E-state index contributed by atoms with van der Waals surface area (Å²) in [5, 5.41) is 14.6. The predicted octanol–water partition coefficient (Wildman–Crippen LogP) is 2.43. The highest BCUT2D eigenvalue weighted by Crippen LogP contribution is 2.21. The van der Waals surface area contributed by atoms with Crippen LogP contribution in [-0.2, 0) is 6.61 Å². The standard InChI is InChI=1S/C13H15N3O2S/c1-8-3-4-10(13(14)16-17)5-12(8)18-6-11-7-19-9(2)15-11/h3-5,7,17H,6H2,1-2H3,(H2,14,16). The van der Waals surface area contributed by atoms with Gasteiger partial charge in [0.15, 0.2) is 5.84 Å². The van der Waals surface area contributed by atoms with Crippen molar-refractivity contribution in [2.45, 2.75) is 20.5 Å². The van der Waals surface area contributed by atoms with Crippen molar-refractivity contribution in [2.24, 2.45) is 10.9 Å². The maximum Gasteiger partial charge on any atom is 0.170 e. The number of thiazole rings is 1. The zero-order valence-corrected chi connectivity index (χ0v) is 11.6. The summed E-state index contributed by atoms with van der Waals surface area (Å²) in [6, 6.07) is 5.41. The summed E-state index contributed by atoms with van der Waals surface area (Å²) >= 11 is 1.59. The topological polar surface area (TPSA) is 80.7 Å². The number of amidine groups is 1. The lowest BCUT2D eigenvalue weighted by atomic mass is 10.1. The molecule has 0 fully saturated rings. The molecular formula is C13H15N3O2S. The minimum atomic E-state index is 0.0642. The Morgan fingerprint density at radius 2 is 2.26 bits per heavy atom. The van der Waals surface area contributed by atoms with E-state index in [-0.39, 0.29) is 5.84 Å². The summed E-state index contributed by atoms with van der Waals surface area (Å²) in [4.78, 5) is 4.33. The van der Waals surface area contributed by atoms with Crippen molar-refractivity contribution in [2.75, 3.05) is 0 Å².